The van der Waals surface area contributed by atoms with Crippen molar-refractivity contribution in [1.29, 1.82) is 0 Å². The number of carbonyl (C=O) groups is 3. The third kappa shape index (κ3) is 5.43. The summed E-state index contributed by atoms with van der Waals surface area (Å²) in [7, 11) is 0. The van der Waals surface area contributed by atoms with Gasteiger partial charge in [-0.25, -0.2) is 0 Å². The normalized spacial score (nSPS) is 17.1. The molecule has 1 saturated heterocycles. The number of piperidine rings is 1. The van der Waals surface area contributed by atoms with Gasteiger partial charge < -0.3 is 19.3 Å². The first-order chi connectivity index (χ1) is 15.3. The van der Waals surface area contributed by atoms with E-state index in [0.29, 0.717) is 57.7 Å². The van der Waals surface area contributed by atoms with Crippen LogP contribution in [0.25, 0.3) is 0 Å². The fraction of sp³-hybridized carbons (Fsp3) is 0.640. The molecule has 0 N–H and O–H groups in total. The van der Waals surface area contributed by atoms with E-state index in [1.54, 1.807) is 11.8 Å². The van der Waals surface area contributed by atoms with Crippen LogP contribution in [0.5, 0.6) is 5.75 Å². The summed E-state index contributed by atoms with van der Waals surface area (Å²) in [6, 6.07) is 6.07. The first-order valence-electron chi connectivity index (χ1n) is 11.8. The second-order valence-electron chi connectivity index (χ2n) is 9.26. The number of esters is 1. The van der Waals surface area contributed by atoms with Gasteiger partial charge in [-0.15, -0.1) is 0 Å². The lowest BCUT2D eigenvalue weighted by atomic mass is 9.82. The third-order valence-electron chi connectivity index (χ3n) is 6.81. The van der Waals surface area contributed by atoms with Crippen molar-refractivity contribution in [3.63, 3.8) is 0 Å². The van der Waals surface area contributed by atoms with Crippen LogP contribution in [0.1, 0.15) is 65.4 Å². The number of amides is 2. The number of fused-ring (bicyclic) bond motifs is 1. The molecule has 1 aromatic rings. The highest BCUT2D eigenvalue weighted by Gasteiger charge is 2.30. The summed E-state index contributed by atoms with van der Waals surface area (Å²) < 4.78 is 10.7. The number of rotatable bonds is 8. The maximum atomic E-state index is 12.7. The van der Waals surface area contributed by atoms with Crippen LogP contribution >= 0.6 is 0 Å². The molecule has 7 nitrogen and oxygen atoms in total. The van der Waals surface area contributed by atoms with Crippen LogP contribution in [0.15, 0.2) is 18.2 Å². The van der Waals surface area contributed by atoms with Gasteiger partial charge in [0.15, 0.2) is 6.61 Å². The Morgan fingerprint density at radius 3 is 2.56 bits per heavy atom. The van der Waals surface area contributed by atoms with Crippen molar-refractivity contribution >= 4 is 23.5 Å². The minimum atomic E-state index is -0.158. The Kier molecular flexibility index (Phi) is 7.80. The summed E-state index contributed by atoms with van der Waals surface area (Å²) in [4.78, 5) is 40.7. The average Bonchev–Trinajstić information content (AvgIpc) is 2.80. The number of hydrogen-bond acceptors (Lipinski definition) is 5. The summed E-state index contributed by atoms with van der Waals surface area (Å²) in [5.74, 6) is 0.450. The molecule has 2 amide bonds. The van der Waals surface area contributed by atoms with E-state index in [1.807, 2.05) is 11.0 Å². The van der Waals surface area contributed by atoms with E-state index in [2.05, 4.69) is 32.9 Å². The van der Waals surface area contributed by atoms with Crippen molar-refractivity contribution < 1.29 is 23.9 Å². The minimum absolute atomic E-state index is 0.00678. The van der Waals surface area contributed by atoms with Crippen LogP contribution in [0.2, 0.25) is 0 Å². The van der Waals surface area contributed by atoms with E-state index < -0.39 is 0 Å². The van der Waals surface area contributed by atoms with Gasteiger partial charge in [-0.3, -0.25) is 14.4 Å². The number of likely N-dealkylation sites (tertiary alicyclic amines) is 1. The molecule has 0 saturated carbocycles. The Morgan fingerprint density at radius 1 is 1.19 bits per heavy atom. The van der Waals surface area contributed by atoms with E-state index in [4.69, 9.17) is 9.47 Å². The molecule has 2 aliphatic heterocycles. The van der Waals surface area contributed by atoms with Crippen molar-refractivity contribution in [2.45, 2.75) is 65.2 Å². The van der Waals surface area contributed by atoms with Crippen molar-refractivity contribution in [3.05, 3.63) is 23.8 Å². The molecule has 0 bridgehead atoms. The molecule has 176 valence electrons. The molecule has 3 rings (SSSR count). The van der Waals surface area contributed by atoms with Crippen LogP contribution in [-0.2, 0) is 24.5 Å². The molecule has 1 fully saturated rings. The predicted octanol–water partition coefficient (Wildman–Crippen LogP) is 3.68. The lowest BCUT2D eigenvalue weighted by Crippen LogP contribution is -2.42. The predicted molar refractivity (Wildman–Crippen MR) is 123 cm³/mol. The first kappa shape index (κ1) is 24.1. The van der Waals surface area contributed by atoms with Gasteiger partial charge in [0.1, 0.15) is 5.75 Å². The van der Waals surface area contributed by atoms with Crippen molar-refractivity contribution in [1.82, 2.24) is 4.90 Å². The second-order valence-corrected chi connectivity index (χ2v) is 9.26. The molecule has 7 heteroatoms. The molecule has 0 aliphatic carbocycles. The van der Waals surface area contributed by atoms with Crippen molar-refractivity contribution in [3.8, 4) is 5.75 Å². The Bertz CT molecular complexity index is 843. The summed E-state index contributed by atoms with van der Waals surface area (Å²) in [5, 5.41) is 0. The number of ether oxygens (including phenoxy) is 2. The van der Waals surface area contributed by atoms with Crippen molar-refractivity contribution in [2.24, 2.45) is 5.92 Å². The lowest BCUT2D eigenvalue weighted by Gasteiger charge is -2.33. The van der Waals surface area contributed by atoms with Gasteiger partial charge in [-0.2, -0.15) is 0 Å². The monoisotopic (exact) mass is 444 g/mol. The molecule has 1 aromatic carbocycles. The number of nitrogens with zero attached hydrogens (tertiary/aromatic N) is 2. The Labute approximate surface area is 191 Å². The molecule has 2 aliphatic rings. The van der Waals surface area contributed by atoms with Gasteiger partial charge in [0, 0.05) is 26.1 Å². The van der Waals surface area contributed by atoms with Crippen LogP contribution in [0, 0.1) is 5.92 Å². The highest BCUT2D eigenvalue weighted by Crippen LogP contribution is 2.37. The smallest absolute Gasteiger partial charge is 0.309 e. The second kappa shape index (κ2) is 10.4. The number of benzene rings is 1. The fourth-order valence-electron chi connectivity index (χ4n) is 4.24. The quantitative estimate of drug-likeness (QED) is 0.572. The van der Waals surface area contributed by atoms with E-state index in [-0.39, 0.29) is 35.7 Å². The molecule has 0 unspecified atom stereocenters. The largest absolute Gasteiger partial charge is 0.482 e. The molecule has 2 heterocycles. The van der Waals surface area contributed by atoms with Gasteiger partial charge in [0.05, 0.1) is 18.2 Å². The van der Waals surface area contributed by atoms with E-state index in [9.17, 15) is 14.4 Å². The number of carbonyl (C=O) groups excluding carboxylic acids is 3. The molecule has 0 spiro atoms. The third-order valence-corrected chi connectivity index (χ3v) is 6.81. The SMILES string of the molecule is CCOC(=O)C1CCN(C(=O)CCCN2C(=O)COc3ccc(C(C)(C)CC)cc32)CC1. The summed E-state index contributed by atoms with van der Waals surface area (Å²) >= 11 is 0. The van der Waals surface area contributed by atoms with Gasteiger partial charge >= 0.3 is 5.97 Å². The van der Waals surface area contributed by atoms with Gasteiger partial charge in [0.25, 0.3) is 5.91 Å². The molecule has 32 heavy (non-hydrogen) atoms. The zero-order valence-corrected chi connectivity index (χ0v) is 19.8. The molecule has 0 aromatic heterocycles. The van der Waals surface area contributed by atoms with Crippen LogP contribution < -0.4 is 9.64 Å². The molecular formula is C25H36N2O5. The summed E-state index contributed by atoms with van der Waals surface area (Å²) in [6.07, 6.45) is 3.25. The average molecular weight is 445 g/mol. The highest BCUT2D eigenvalue weighted by molar-refractivity contribution is 5.98. The van der Waals surface area contributed by atoms with Gasteiger partial charge in [-0.05, 0) is 55.7 Å². The standard InChI is InChI=1S/C25H36N2O5/c1-5-25(3,4)19-9-10-21-20(16-19)27(23(29)17-32-21)13-7-8-22(28)26-14-11-18(12-15-26)24(30)31-6-2/h9-10,16,18H,5-8,11-15,17H2,1-4H3. The molecule has 0 atom stereocenters. The molecular weight excluding hydrogens is 408 g/mol. The Balaban J connectivity index is 1.56. The van der Waals surface area contributed by atoms with Gasteiger partial charge in [-0.1, -0.05) is 26.8 Å². The first-order valence-corrected chi connectivity index (χ1v) is 11.8. The van der Waals surface area contributed by atoms with Crippen molar-refractivity contribution in [2.75, 3.05) is 37.7 Å². The summed E-state index contributed by atoms with van der Waals surface area (Å²) in [6.45, 7) is 10.4. The van der Waals surface area contributed by atoms with E-state index in [0.717, 1.165) is 12.1 Å². The zero-order valence-electron chi connectivity index (χ0n) is 19.8. The molecule has 0 radical (unpaired) electrons. The minimum Gasteiger partial charge on any atom is -0.482 e. The van der Waals surface area contributed by atoms with E-state index >= 15 is 0 Å². The van der Waals surface area contributed by atoms with E-state index in [1.165, 1.54) is 5.56 Å². The summed E-state index contributed by atoms with van der Waals surface area (Å²) in [5.41, 5.74) is 1.97. The maximum absolute atomic E-state index is 12.7. The Hall–Kier alpha value is -2.57. The van der Waals surface area contributed by atoms with Crippen LogP contribution in [-0.4, -0.2) is 55.5 Å². The number of hydrogen-bond donors (Lipinski definition) is 0. The fourth-order valence-corrected chi connectivity index (χ4v) is 4.24. The van der Waals surface area contributed by atoms with Gasteiger partial charge in [0.2, 0.25) is 5.91 Å². The lowest BCUT2D eigenvalue weighted by molar-refractivity contribution is -0.151. The topological polar surface area (TPSA) is 76.2 Å². The maximum Gasteiger partial charge on any atom is 0.309 e. The highest BCUT2D eigenvalue weighted by atomic mass is 16.5. The Morgan fingerprint density at radius 2 is 1.91 bits per heavy atom. The van der Waals surface area contributed by atoms with Crippen LogP contribution in [0.3, 0.4) is 0 Å². The van der Waals surface area contributed by atoms with Crippen LogP contribution in [0.4, 0.5) is 5.69 Å². The zero-order chi connectivity index (χ0) is 23.3. The number of anilines is 1.